The second-order valence-corrected chi connectivity index (χ2v) is 8.33. The quantitative estimate of drug-likeness (QED) is 0.363. The molecule has 1 aliphatic rings. The molecule has 0 unspecified atom stereocenters. The van der Waals surface area contributed by atoms with Crippen molar-refractivity contribution in [2.75, 3.05) is 31.2 Å². The second-order valence-electron chi connectivity index (χ2n) is 7.45. The summed E-state index contributed by atoms with van der Waals surface area (Å²) in [6.07, 6.45) is -1.31. The number of benzene rings is 2. The SMILES string of the molecule is CCN(CC)c1ccc2cc(/C=C(\C#N)SN[C@H]3CO[C@H](CO)[C@@H](O)[C@@H]3O)ccc2c1. The zero-order valence-electron chi connectivity index (χ0n) is 17.7. The van der Waals surface area contributed by atoms with E-state index in [1.807, 2.05) is 18.2 Å². The number of aliphatic hydroxyl groups excluding tert-OH is 3. The summed E-state index contributed by atoms with van der Waals surface area (Å²) >= 11 is 1.08. The summed E-state index contributed by atoms with van der Waals surface area (Å²) in [6, 6.07) is 14.0. The summed E-state index contributed by atoms with van der Waals surface area (Å²) in [5, 5.41) is 41.1. The van der Waals surface area contributed by atoms with Gasteiger partial charge in [-0.25, -0.2) is 0 Å². The number of hydrogen-bond acceptors (Lipinski definition) is 8. The Morgan fingerprint density at radius 2 is 1.90 bits per heavy atom. The molecule has 1 fully saturated rings. The van der Waals surface area contributed by atoms with Crippen molar-refractivity contribution in [3.05, 3.63) is 46.9 Å². The van der Waals surface area contributed by atoms with Crippen LogP contribution in [0.2, 0.25) is 0 Å². The van der Waals surface area contributed by atoms with Gasteiger partial charge in [-0.3, -0.25) is 4.72 Å². The third kappa shape index (κ3) is 5.57. The zero-order valence-corrected chi connectivity index (χ0v) is 18.5. The summed E-state index contributed by atoms with van der Waals surface area (Å²) in [6.45, 7) is 5.95. The number of aliphatic hydroxyl groups is 3. The van der Waals surface area contributed by atoms with Gasteiger partial charge in [0.25, 0.3) is 0 Å². The Morgan fingerprint density at radius 1 is 1.19 bits per heavy atom. The number of rotatable bonds is 8. The molecule has 0 amide bonds. The summed E-state index contributed by atoms with van der Waals surface area (Å²) in [5.41, 5.74) is 2.09. The van der Waals surface area contributed by atoms with E-state index < -0.39 is 24.4 Å². The second kappa shape index (κ2) is 11.0. The van der Waals surface area contributed by atoms with Crippen LogP contribution in [-0.4, -0.2) is 66.0 Å². The minimum absolute atomic E-state index is 0.125. The van der Waals surface area contributed by atoms with Gasteiger partial charge in [0.05, 0.1) is 19.3 Å². The van der Waals surface area contributed by atoms with E-state index in [0.29, 0.717) is 4.91 Å². The number of fused-ring (bicyclic) bond motifs is 1. The number of nitrogens with one attached hydrogen (secondary N) is 1. The molecule has 3 rings (SSSR count). The van der Waals surface area contributed by atoms with E-state index in [9.17, 15) is 15.5 Å². The molecule has 4 atom stereocenters. The standard InChI is InChI=1S/C23H29N3O4S/c1-3-26(4-2)18-8-7-16-9-15(5-6-17(16)11-18)10-19(12-24)31-25-20-14-30-21(13-27)23(29)22(20)28/h5-11,20-23,25,27-29H,3-4,13-14H2,1-2H3/b19-10+/t20-,21+,22+,23+/m0/s1. The zero-order chi connectivity index (χ0) is 22.4. The van der Waals surface area contributed by atoms with Gasteiger partial charge in [-0.2, -0.15) is 5.26 Å². The first kappa shape index (κ1) is 23.5. The average Bonchev–Trinajstić information content (AvgIpc) is 2.80. The van der Waals surface area contributed by atoms with Gasteiger partial charge in [-0.1, -0.05) is 18.2 Å². The third-order valence-electron chi connectivity index (χ3n) is 5.52. The molecule has 0 saturated carbocycles. The monoisotopic (exact) mass is 443 g/mol. The van der Waals surface area contributed by atoms with Crippen LogP contribution in [-0.2, 0) is 4.74 Å². The summed E-state index contributed by atoms with van der Waals surface area (Å²) in [5.74, 6) is 0. The van der Waals surface area contributed by atoms with Crippen LogP contribution >= 0.6 is 11.9 Å². The lowest BCUT2D eigenvalue weighted by molar-refractivity contribution is -0.158. The molecule has 0 aromatic heterocycles. The summed E-state index contributed by atoms with van der Waals surface area (Å²) in [4.78, 5) is 2.72. The van der Waals surface area contributed by atoms with Crippen LogP contribution in [0.3, 0.4) is 0 Å². The molecule has 7 nitrogen and oxygen atoms in total. The molecule has 1 heterocycles. The van der Waals surface area contributed by atoms with Gasteiger partial charge in [0.2, 0.25) is 0 Å². The Bertz CT molecular complexity index is 957. The van der Waals surface area contributed by atoms with Gasteiger partial charge in [0.15, 0.2) is 0 Å². The van der Waals surface area contributed by atoms with E-state index >= 15 is 0 Å². The topological polar surface area (TPSA) is 109 Å². The molecular weight excluding hydrogens is 414 g/mol. The lowest BCUT2D eigenvalue weighted by Crippen LogP contribution is -2.57. The van der Waals surface area contributed by atoms with Gasteiger partial charge >= 0.3 is 0 Å². The van der Waals surface area contributed by atoms with Crippen molar-refractivity contribution in [1.82, 2.24) is 4.72 Å². The molecular formula is C23H29N3O4S. The number of anilines is 1. The van der Waals surface area contributed by atoms with Crippen molar-refractivity contribution in [3.63, 3.8) is 0 Å². The van der Waals surface area contributed by atoms with E-state index in [4.69, 9.17) is 9.84 Å². The average molecular weight is 444 g/mol. The Kier molecular flexibility index (Phi) is 8.32. The molecule has 1 saturated heterocycles. The van der Waals surface area contributed by atoms with Crippen LogP contribution in [0.4, 0.5) is 5.69 Å². The minimum Gasteiger partial charge on any atom is -0.394 e. The van der Waals surface area contributed by atoms with Gasteiger partial charge in [0.1, 0.15) is 29.3 Å². The highest BCUT2D eigenvalue weighted by atomic mass is 32.2. The van der Waals surface area contributed by atoms with Gasteiger partial charge in [0, 0.05) is 18.8 Å². The highest BCUT2D eigenvalue weighted by molar-refractivity contribution is 8.01. The highest BCUT2D eigenvalue weighted by Gasteiger charge is 2.38. The first-order valence-corrected chi connectivity index (χ1v) is 11.2. The molecule has 0 radical (unpaired) electrons. The fourth-order valence-electron chi connectivity index (χ4n) is 3.65. The lowest BCUT2D eigenvalue weighted by atomic mass is 9.99. The van der Waals surface area contributed by atoms with Gasteiger partial charge in [-0.05, 0) is 66.4 Å². The fourth-order valence-corrected chi connectivity index (χ4v) is 4.38. The van der Waals surface area contributed by atoms with Crippen molar-refractivity contribution in [3.8, 4) is 6.07 Å². The highest BCUT2D eigenvalue weighted by Crippen LogP contribution is 2.26. The molecule has 31 heavy (non-hydrogen) atoms. The Balaban J connectivity index is 1.70. The van der Waals surface area contributed by atoms with Crippen molar-refractivity contribution >= 4 is 34.5 Å². The first-order valence-electron chi connectivity index (χ1n) is 10.4. The molecule has 8 heteroatoms. The smallest absolute Gasteiger partial charge is 0.110 e. The molecule has 166 valence electrons. The maximum Gasteiger partial charge on any atom is 0.110 e. The number of nitrogens with zero attached hydrogens (tertiary/aromatic N) is 2. The van der Waals surface area contributed by atoms with E-state index in [2.05, 4.69) is 47.7 Å². The summed E-state index contributed by atoms with van der Waals surface area (Å²) < 4.78 is 8.35. The fraction of sp³-hybridized carbons (Fsp3) is 0.435. The van der Waals surface area contributed by atoms with Crippen molar-refractivity contribution in [1.29, 1.82) is 5.26 Å². The molecule has 0 spiro atoms. The van der Waals surface area contributed by atoms with Crippen LogP contribution in [0.1, 0.15) is 19.4 Å². The molecule has 0 aliphatic carbocycles. The first-order chi connectivity index (χ1) is 15.0. The maximum atomic E-state index is 10.2. The lowest BCUT2D eigenvalue weighted by Gasteiger charge is -2.36. The van der Waals surface area contributed by atoms with Crippen molar-refractivity contribution in [2.45, 2.75) is 38.2 Å². The largest absolute Gasteiger partial charge is 0.394 e. The minimum atomic E-state index is -1.19. The number of nitriles is 1. The van der Waals surface area contributed by atoms with Crippen LogP contribution in [0, 0.1) is 11.3 Å². The number of allylic oxidation sites excluding steroid dienone is 1. The van der Waals surface area contributed by atoms with E-state index in [1.54, 1.807) is 6.08 Å². The van der Waals surface area contributed by atoms with E-state index in [1.165, 1.54) is 5.69 Å². The van der Waals surface area contributed by atoms with Gasteiger partial charge < -0.3 is 25.0 Å². The van der Waals surface area contributed by atoms with E-state index in [-0.39, 0.29) is 13.2 Å². The predicted molar refractivity (Wildman–Crippen MR) is 124 cm³/mol. The molecule has 1 aliphatic heterocycles. The van der Waals surface area contributed by atoms with Crippen molar-refractivity contribution < 1.29 is 20.1 Å². The molecule has 2 aromatic carbocycles. The van der Waals surface area contributed by atoms with Crippen molar-refractivity contribution in [2.24, 2.45) is 0 Å². The Labute approximate surface area is 187 Å². The normalized spacial score (nSPS) is 24.2. The Morgan fingerprint density at radius 3 is 2.58 bits per heavy atom. The molecule has 0 bridgehead atoms. The van der Waals surface area contributed by atoms with Crippen LogP contribution in [0.15, 0.2) is 41.3 Å². The maximum absolute atomic E-state index is 10.2. The number of ether oxygens (including phenoxy) is 1. The van der Waals surface area contributed by atoms with E-state index in [0.717, 1.165) is 41.4 Å². The molecule has 2 aromatic rings. The van der Waals surface area contributed by atoms with Crippen LogP contribution < -0.4 is 9.62 Å². The summed E-state index contributed by atoms with van der Waals surface area (Å²) in [7, 11) is 0. The Hall–Kier alpha value is -2.12. The predicted octanol–water partition coefficient (Wildman–Crippen LogP) is 2.27. The third-order valence-corrected chi connectivity index (χ3v) is 6.37. The van der Waals surface area contributed by atoms with Gasteiger partial charge in [-0.15, -0.1) is 0 Å². The molecule has 4 N–H and O–H groups in total. The van der Waals surface area contributed by atoms with Crippen LogP contribution in [0.25, 0.3) is 16.8 Å². The number of hydrogen-bond donors (Lipinski definition) is 4. The van der Waals surface area contributed by atoms with Crippen LogP contribution in [0.5, 0.6) is 0 Å².